The number of carbonyl (C=O) groups is 2. The molecule has 1 fully saturated rings. The van der Waals surface area contributed by atoms with Crippen LogP contribution >= 0.6 is 0 Å². The van der Waals surface area contributed by atoms with Gasteiger partial charge in [-0.15, -0.1) is 0 Å². The maximum absolute atomic E-state index is 13.4. The third kappa shape index (κ3) is 4.97. The van der Waals surface area contributed by atoms with Gasteiger partial charge in [-0.1, -0.05) is 30.3 Å². The number of rotatable bonds is 6. The van der Waals surface area contributed by atoms with Gasteiger partial charge in [0.15, 0.2) is 5.82 Å². The molecule has 1 saturated heterocycles. The quantitative estimate of drug-likeness (QED) is 0.179. The van der Waals surface area contributed by atoms with E-state index in [-0.39, 0.29) is 29.5 Å². The van der Waals surface area contributed by atoms with Crippen LogP contribution in [0.3, 0.4) is 0 Å². The lowest BCUT2D eigenvalue weighted by atomic mass is 9.77. The molecule has 3 N–H and O–H groups in total. The topological polar surface area (TPSA) is 133 Å². The number of Topliss-reactive ketones (excluding diaryl/α,β-unsaturated/α-hetero) is 1. The highest BCUT2D eigenvalue weighted by Gasteiger charge is 2.38. The van der Waals surface area contributed by atoms with Gasteiger partial charge in [-0.25, -0.2) is 14.4 Å². The van der Waals surface area contributed by atoms with Crippen molar-refractivity contribution in [3.05, 3.63) is 78.1 Å². The van der Waals surface area contributed by atoms with Crippen LogP contribution in [0.4, 0.5) is 21.7 Å². The van der Waals surface area contributed by atoms with E-state index in [9.17, 15) is 24.0 Å². The Morgan fingerprint density at radius 3 is 2.55 bits per heavy atom. The standard InChI is InChI=1S/C29H28BFN6O5/c1-17-10-22(18-6-4-3-5-7-18)25(35(17)2)27(38)28(39)34-20-11-23(30(40)41)26-24(12-20)42-16-21-15-36(8-9-37(21)26)29-32-13-19(31)14-33-29/h3-7,10-14,21,40-41H,8-9,15-16H2,1-2H3,(H,34,39)/t21-/m0/s1. The number of hydrogen-bond donors (Lipinski definition) is 3. The van der Waals surface area contributed by atoms with Gasteiger partial charge in [-0.05, 0) is 24.6 Å². The molecule has 1 amide bonds. The maximum Gasteiger partial charge on any atom is 0.490 e. The Kier molecular flexibility index (Phi) is 7.13. The van der Waals surface area contributed by atoms with E-state index >= 15 is 0 Å². The number of anilines is 3. The second kappa shape index (κ2) is 10.9. The Morgan fingerprint density at radius 2 is 1.83 bits per heavy atom. The fraction of sp³-hybridized carbons (Fsp3) is 0.241. The molecule has 214 valence electrons. The fourth-order valence-corrected chi connectivity index (χ4v) is 5.58. The van der Waals surface area contributed by atoms with Crippen molar-refractivity contribution in [2.75, 3.05) is 41.4 Å². The molecule has 4 aromatic rings. The van der Waals surface area contributed by atoms with Gasteiger partial charge in [0.1, 0.15) is 18.1 Å². The second-order valence-electron chi connectivity index (χ2n) is 10.3. The molecule has 0 spiro atoms. The second-order valence-corrected chi connectivity index (χ2v) is 10.3. The number of benzene rings is 2. The molecule has 2 aliphatic rings. The van der Waals surface area contributed by atoms with E-state index in [1.54, 1.807) is 17.7 Å². The summed E-state index contributed by atoms with van der Waals surface area (Å²) in [5.74, 6) is -1.36. The number of halogens is 1. The summed E-state index contributed by atoms with van der Waals surface area (Å²) >= 11 is 0. The van der Waals surface area contributed by atoms with Crippen LogP contribution in [0.25, 0.3) is 11.1 Å². The van der Waals surface area contributed by atoms with Crippen LogP contribution in [0.2, 0.25) is 0 Å². The third-order valence-corrected chi connectivity index (χ3v) is 7.71. The van der Waals surface area contributed by atoms with Gasteiger partial charge in [0.05, 0.1) is 24.1 Å². The summed E-state index contributed by atoms with van der Waals surface area (Å²) in [4.78, 5) is 38.7. The number of carbonyl (C=O) groups excluding carboxylic acids is 2. The number of fused-ring (bicyclic) bond motifs is 3. The highest BCUT2D eigenvalue weighted by Crippen LogP contribution is 2.37. The molecule has 0 unspecified atom stereocenters. The molecule has 42 heavy (non-hydrogen) atoms. The zero-order valence-corrected chi connectivity index (χ0v) is 23.0. The number of aryl methyl sites for hydroxylation is 1. The molecule has 2 aromatic carbocycles. The van der Waals surface area contributed by atoms with E-state index < -0.39 is 24.6 Å². The zero-order valence-electron chi connectivity index (χ0n) is 23.0. The smallest absolute Gasteiger partial charge is 0.489 e. The van der Waals surface area contributed by atoms with E-state index in [1.165, 1.54) is 6.07 Å². The van der Waals surface area contributed by atoms with Crippen LogP contribution < -0.4 is 25.3 Å². The summed E-state index contributed by atoms with van der Waals surface area (Å²) in [5.41, 5.74) is 3.34. The van der Waals surface area contributed by atoms with E-state index in [0.29, 0.717) is 42.6 Å². The van der Waals surface area contributed by atoms with Crippen LogP contribution in [0.15, 0.2) is 60.9 Å². The van der Waals surface area contributed by atoms with Gasteiger partial charge >= 0.3 is 7.12 Å². The van der Waals surface area contributed by atoms with Gasteiger partial charge in [0.2, 0.25) is 5.95 Å². The van der Waals surface area contributed by atoms with Gasteiger partial charge < -0.3 is 34.5 Å². The van der Waals surface area contributed by atoms with Crippen LogP contribution in [0.5, 0.6) is 5.75 Å². The molecular formula is C29H28BFN6O5. The van der Waals surface area contributed by atoms with Crippen molar-refractivity contribution in [3.8, 4) is 16.9 Å². The average Bonchev–Trinajstić information content (AvgIpc) is 3.30. The van der Waals surface area contributed by atoms with Crippen molar-refractivity contribution >= 4 is 41.6 Å². The lowest BCUT2D eigenvalue weighted by molar-refractivity contribution is -0.112. The van der Waals surface area contributed by atoms with Crippen molar-refractivity contribution in [2.45, 2.75) is 13.0 Å². The Bertz CT molecular complexity index is 1660. The highest BCUT2D eigenvalue weighted by atomic mass is 19.1. The van der Waals surface area contributed by atoms with Gasteiger partial charge in [-0.2, -0.15) is 0 Å². The first-order chi connectivity index (χ1) is 20.2. The predicted molar refractivity (Wildman–Crippen MR) is 156 cm³/mol. The zero-order chi connectivity index (χ0) is 29.5. The van der Waals surface area contributed by atoms with Crippen molar-refractivity contribution in [1.82, 2.24) is 14.5 Å². The molecule has 0 radical (unpaired) electrons. The molecule has 0 saturated carbocycles. The molecule has 6 rings (SSSR count). The van der Waals surface area contributed by atoms with Crippen LogP contribution in [0, 0.1) is 12.7 Å². The van der Waals surface area contributed by atoms with E-state index in [1.807, 2.05) is 53.1 Å². The van der Waals surface area contributed by atoms with Crippen molar-refractivity contribution < 1.29 is 28.8 Å². The minimum Gasteiger partial charge on any atom is -0.489 e. The summed E-state index contributed by atoms with van der Waals surface area (Å²) < 4.78 is 21.0. The number of nitrogens with one attached hydrogen (secondary N) is 1. The van der Waals surface area contributed by atoms with E-state index in [0.717, 1.165) is 23.7 Å². The van der Waals surface area contributed by atoms with Crippen molar-refractivity contribution in [2.24, 2.45) is 7.05 Å². The first kappa shape index (κ1) is 27.4. The van der Waals surface area contributed by atoms with Gasteiger partial charge in [-0.3, -0.25) is 9.59 Å². The predicted octanol–water partition coefficient (Wildman–Crippen LogP) is 1.52. The molecule has 1 atom stereocenters. The van der Waals surface area contributed by atoms with Crippen molar-refractivity contribution in [3.63, 3.8) is 0 Å². The number of nitrogens with zero attached hydrogens (tertiary/aromatic N) is 5. The molecule has 0 bridgehead atoms. The normalized spacial score (nSPS) is 15.9. The summed E-state index contributed by atoms with van der Waals surface area (Å²) in [7, 11) is -0.138. The summed E-state index contributed by atoms with van der Waals surface area (Å²) in [6.07, 6.45) is 2.23. The van der Waals surface area contributed by atoms with Gasteiger partial charge in [0.25, 0.3) is 11.7 Å². The Labute approximate surface area is 241 Å². The fourth-order valence-electron chi connectivity index (χ4n) is 5.58. The van der Waals surface area contributed by atoms with Crippen LogP contribution in [0.1, 0.15) is 16.2 Å². The third-order valence-electron chi connectivity index (χ3n) is 7.71. The molecule has 13 heteroatoms. The largest absolute Gasteiger partial charge is 0.490 e. The SMILES string of the molecule is Cc1cc(-c2ccccc2)c(C(=O)C(=O)Nc2cc3c(c(B(O)O)c2)N2CCN(c4ncc(F)cn4)C[C@H]2CO3)n1C. The van der Waals surface area contributed by atoms with E-state index in [4.69, 9.17) is 4.74 Å². The number of ketones is 1. The molecular weight excluding hydrogens is 542 g/mol. The van der Waals surface area contributed by atoms with Crippen LogP contribution in [-0.4, -0.2) is 75.7 Å². The number of ether oxygens (including phenoxy) is 1. The molecule has 2 aromatic heterocycles. The Balaban J connectivity index is 1.25. The average molecular weight is 570 g/mol. The minimum absolute atomic E-state index is 0.131. The number of hydrogen-bond acceptors (Lipinski definition) is 9. The first-order valence-corrected chi connectivity index (χ1v) is 13.4. The summed E-state index contributed by atoms with van der Waals surface area (Å²) in [6, 6.07) is 14.1. The number of piperazine rings is 1. The highest BCUT2D eigenvalue weighted by molar-refractivity contribution is 6.61. The summed E-state index contributed by atoms with van der Waals surface area (Å²) in [6.45, 7) is 3.59. The van der Waals surface area contributed by atoms with Gasteiger partial charge in [0, 0.05) is 55.2 Å². The molecule has 2 aliphatic heterocycles. The first-order valence-electron chi connectivity index (χ1n) is 13.4. The molecule has 4 heterocycles. The lowest BCUT2D eigenvalue weighted by Crippen LogP contribution is -2.59. The Hall–Kier alpha value is -4.75. The summed E-state index contributed by atoms with van der Waals surface area (Å²) in [5, 5.41) is 23.2. The molecule has 11 nitrogen and oxygen atoms in total. The number of amides is 1. The minimum atomic E-state index is -1.87. The lowest BCUT2D eigenvalue weighted by Gasteiger charge is -2.46. The monoisotopic (exact) mass is 570 g/mol. The molecule has 0 aliphatic carbocycles. The van der Waals surface area contributed by atoms with Crippen molar-refractivity contribution in [1.29, 1.82) is 0 Å². The van der Waals surface area contributed by atoms with Crippen LogP contribution in [-0.2, 0) is 11.8 Å². The number of aromatic nitrogens is 3. The van der Waals surface area contributed by atoms with E-state index in [2.05, 4.69) is 15.3 Å². The maximum atomic E-state index is 13.4. The Morgan fingerprint density at radius 1 is 1.10 bits per heavy atom.